The Bertz CT molecular complexity index is 375. The lowest BCUT2D eigenvalue weighted by atomic mass is 9.80. The zero-order chi connectivity index (χ0) is 12.5. The van der Waals surface area contributed by atoms with Crippen LogP contribution in [-0.4, -0.2) is 0 Å². The third-order valence-corrected chi connectivity index (χ3v) is 3.77. The van der Waals surface area contributed by atoms with E-state index in [1.165, 1.54) is 11.1 Å². The maximum atomic E-state index is 6.11. The molecular weight excluding hydrogens is 239 g/mol. The van der Waals surface area contributed by atoms with Gasteiger partial charge in [-0.1, -0.05) is 57.8 Å². The summed E-state index contributed by atoms with van der Waals surface area (Å²) in [6, 6.07) is 4.05. The van der Waals surface area contributed by atoms with Crippen LogP contribution in [0.1, 0.15) is 58.1 Å². The van der Waals surface area contributed by atoms with Crippen molar-refractivity contribution in [3.05, 3.63) is 33.3 Å². The van der Waals surface area contributed by atoms with Gasteiger partial charge in [-0.25, -0.2) is 0 Å². The van der Waals surface area contributed by atoms with E-state index in [1.807, 2.05) is 12.1 Å². The summed E-state index contributed by atoms with van der Waals surface area (Å²) in [5, 5.41) is 1.31. The molecule has 1 rings (SSSR count). The van der Waals surface area contributed by atoms with Crippen LogP contribution in [0, 0.1) is 0 Å². The fraction of sp³-hybridized carbons (Fsp3) is 0.571. The Hall–Kier alpha value is -0.200. The van der Waals surface area contributed by atoms with Gasteiger partial charge in [0.25, 0.3) is 0 Å². The average Bonchev–Trinajstić information content (AvgIpc) is 2.18. The summed E-state index contributed by atoms with van der Waals surface area (Å²) >= 11 is 12.2. The molecule has 0 amide bonds. The zero-order valence-corrected chi connectivity index (χ0v) is 12.2. The highest BCUT2D eigenvalue weighted by Gasteiger charge is 2.21. The molecule has 1 unspecified atom stereocenters. The van der Waals surface area contributed by atoms with Crippen LogP contribution in [-0.2, 0) is 5.41 Å². The van der Waals surface area contributed by atoms with Gasteiger partial charge in [0.2, 0.25) is 0 Å². The quantitative estimate of drug-likeness (QED) is 0.629. The van der Waals surface area contributed by atoms with Gasteiger partial charge < -0.3 is 0 Å². The normalized spacial score (nSPS) is 13.9. The van der Waals surface area contributed by atoms with E-state index in [4.69, 9.17) is 23.2 Å². The summed E-state index contributed by atoms with van der Waals surface area (Å²) in [6.07, 6.45) is 1.11. The van der Waals surface area contributed by atoms with Crippen molar-refractivity contribution in [2.45, 2.75) is 52.4 Å². The molecule has 90 valence electrons. The highest BCUT2D eigenvalue weighted by atomic mass is 35.5. The third-order valence-electron chi connectivity index (χ3n) is 3.04. The van der Waals surface area contributed by atoms with Crippen molar-refractivity contribution in [3.63, 3.8) is 0 Å². The van der Waals surface area contributed by atoms with Gasteiger partial charge in [0.05, 0.1) is 10.0 Å². The molecule has 0 aliphatic rings. The highest BCUT2D eigenvalue weighted by molar-refractivity contribution is 6.42. The fourth-order valence-electron chi connectivity index (χ4n) is 1.84. The van der Waals surface area contributed by atoms with Crippen LogP contribution < -0.4 is 0 Å². The summed E-state index contributed by atoms with van der Waals surface area (Å²) in [4.78, 5) is 0. The third kappa shape index (κ3) is 2.93. The predicted molar refractivity (Wildman–Crippen MR) is 73.9 cm³/mol. The average molecular weight is 259 g/mol. The Morgan fingerprint density at radius 1 is 1.12 bits per heavy atom. The van der Waals surface area contributed by atoms with Gasteiger partial charge in [0, 0.05) is 0 Å². The van der Waals surface area contributed by atoms with Crippen molar-refractivity contribution in [1.29, 1.82) is 0 Å². The molecule has 0 aliphatic heterocycles. The van der Waals surface area contributed by atoms with E-state index >= 15 is 0 Å². The molecule has 0 heterocycles. The van der Waals surface area contributed by atoms with E-state index in [2.05, 4.69) is 34.6 Å². The van der Waals surface area contributed by atoms with E-state index in [0.29, 0.717) is 16.0 Å². The Morgan fingerprint density at radius 2 is 1.62 bits per heavy atom. The lowest BCUT2D eigenvalue weighted by Gasteiger charge is -2.26. The van der Waals surface area contributed by atoms with Crippen molar-refractivity contribution in [2.75, 3.05) is 0 Å². The first kappa shape index (κ1) is 13.9. The molecule has 0 aromatic heterocycles. The molecule has 0 radical (unpaired) electrons. The lowest BCUT2D eigenvalue weighted by Crippen LogP contribution is -2.15. The minimum Gasteiger partial charge on any atom is -0.0827 e. The summed E-state index contributed by atoms with van der Waals surface area (Å²) in [5.41, 5.74) is 2.73. The molecule has 0 bridgehead atoms. The Morgan fingerprint density at radius 3 is 2.06 bits per heavy atom. The van der Waals surface area contributed by atoms with Crippen LogP contribution in [0.4, 0.5) is 0 Å². The summed E-state index contributed by atoms with van der Waals surface area (Å²) in [5.74, 6) is 0.518. The second-order valence-electron chi connectivity index (χ2n) is 5.41. The van der Waals surface area contributed by atoms with Crippen LogP contribution in [0.3, 0.4) is 0 Å². The van der Waals surface area contributed by atoms with Crippen LogP contribution in [0.2, 0.25) is 10.0 Å². The van der Waals surface area contributed by atoms with Crippen LogP contribution in [0.5, 0.6) is 0 Å². The molecule has 0 fully saturated rings. The molecule has 16 heavy (non-hydrogen) atoms. The largest absolute Gasteiger partial charge is 0.0827 e. The van der Waals surface area contributed by atoms with Gasteiger partial charge in [-0.05, 0) is 41.0 Å². The maximum Gasteiger partial charge on any atom is 0.0595 e. The molecule has 1 aromatic rings. The van der Waals surface area contributed by atoms with Crippen LogP contribution >= 0.6 is 23.2 Å². The molecule has 0 saturated heterocycles. The molecule has 0 nitrogen and oxygen atoms in total. The standard InChI is InChI=1S/C14H20Cl2/c1-6-9(2)10-7-12(15)13(16)8-11(10)14(3,4)5/h7-9H,6H2,1-5H3. The number of benzene rings is 1. The molecule has 0 saturated carbocycles. The molecule has 0 aliphatic carbocycles. The second-order valence-corrected chi connectivity index (χ2v) is 6.23. The van der Waals surface area contributed by atoms with Crippen LogP contribution in [0.15, 0.2) is 12.1 Å². The van der Waals surface area contributed by atoms with Gasteiger partial charge >= 0.3 is 0 Å². The first-order valence-corrected chi connectivity index (χ1v) is 6.52. The van der Waals surface area contributed by atoms with E-state index < -0.39 is 0 Å². The first-order valence-electron chi connectivity index (χ1n) is 5.76. The minimum atomic E-state index is 0.104. The Labute approximate surface area is 109 Å². The van der Waals surface area contributed by atoms with Gasteiger partial charge in [0.1, 0.15) is 0 Å². The summed E-state index contributed by atoms with van der Waals surface area (Å²) in [6.45, 7) is 11.0. The van der Waals surface area contributed by atoms with Gasteiger partial charge in [-0.15, -0.1) is 0 Å². The van der Waals surface area contributed by atoms with E-state index in [-0.39, 0.29) is 5.41 Å². The molecule has 0 N–H and O–H groups in total. The van der Waals surface area contributed by atoms with Crippen molar-refractivity contribution < 1.29 is 0 Å². The molecule has 2 heteroatoms. The van der Waals surface area contributed by atoms with Crippen molar-refractivity contribution in [1.82, 2.24) is 0 Å². The van der Waals surface area contributed by atoms with Crippen molar-refractivity contribution in [3.8, 4) is 0 Å². The van der Waals surface area contributed by atoms with Crippen LogP contribution in [0.25, 0.3) is 0 Å². The topological polar surface area (TPSA) is 0 Å². The van der Waals surface area contributed by atoms with Crippen molar-refractivity contribution >= 4 is 23.2 Å². The molecular formula is C14H20Cl2. The molecule has 1 aromatic carbocycles. The monoisotopic (exact) mass is 258 g/mol. The molecule has 1 atom stereocenters. The number of halogens is 2. The number of rotatable bonds is 2. The minimum absolute atomic E-state index is 0.104. The fourth-order valence-corrected chi connectivity index (χ4v) is 2.18. The lowest BCUT2D eigenvalue weighted by molar-refractivity contribution is 0.570. The van der Waals surface area contributed by atoms with E-state index in [1.54, 1.807) is 0 Å². The van der Waals surface area contributed by atoms with Crippen molar-refractivity contribution in [2.24, 2.45) is 0 Å². The Kier molecular flexibility index (Phi) is 4.31. The smallest absolute Gasteiger partial charge is 0.0595 e. The summed E-state index contributed by atoms with van der Waals surface area (Å²) < 4.78 is 0. The SMILES string of the molecule is CCC(C)c1cc(Cl)c(Cl)cc1C(C)(C)C. The Balaban J connectivity index is 3.39. The summed E-state index contributed by atoms with van der Waals surface area (Å²) in [7, 11) is 0. The van der Waals surface area contributed by atoms with Gasteiger partial charge in [-0.3, -0.25) is 0 Å². The van der Waals surface area contributed by atoms with Gasteiger partial charge in [0.15, 0.2) is 0 Å². The number of hydrogen-bond acceptors (Lipinski definition) is 0. The number of hydrogen-bond donors (Lipinski definition) is 0. The maximum absolute atomic E-state index is 6.11. The predicted octanol–water partition coefficient (Wildman–Crippen LogP) is 5.80. The highest BCUT2D eigenvalue weighted by Crippen LogP contribution is 2.37. The second kappa shape index (κ2) is 4.98. The molecule has 0 spiro atoms. The van der Waals surface area contributed by atoms with E-state index in [9.17, 15) is 0 Å². The zero-order valence-electron chi connectivity index (χ0n) is 10.7. The van der Waals surface area contributed by atoms with E-state index in [0.717, 1.165) is 6.42 Å². The van der Waals surface area contributed by atoms with Gasteiger partial charge in [-0.2, -0.15) is 0 Å². The first-order chi connectivity index (χ1) is 7.27.